The van der Waals surface area contributed by atoms with E-state index < -0.39 is 11.9 Å². The second-order valence-electron chi connectivity index (χ2n) is 6.98. The predicted octanol–water partition coefficient (Wildman–Crippen LogP) is 2.46. The van der Waals surface area contributed by atoms with E-state index in [0.29, 0.717) is 40.3 Å². The van der Waals surface area contributed by atoms with Crippen molar-refractivity contribution < 1.29 is 19.0 Å². The van der Waals surface area contributed by atoms with Gasteiger partial charge >= 0.3 is 0 Å². The van der Waals surface area contributed by atoms with E-state index in [1.54, 1.807) is 18.7 Å². The second kappa shape index (κ2) is 6.80. The van der Waals surface area contributed by atoms with Crippen molar-refractivity contribution in [1.82, 2.24) is 14.8 Å². The molecule has 0 bridgehead atoms. The number of hydrogen-bond acceptors (Lipinski definition) is 7. The third-order valence-corrected chi connectivity index (χ3v) is 5.16. The van der Waals surface area contributed by atoms with Gasteiger partial charge in [-0.2, -0.15) is 4.98 Å². The molecule has 1 amide bonds. The maximum Gasteiger partial charge on any atom is 0.248 e. The van der Waals surface area contributed by atoms with Crippen LogP contribution >= 0.6 is 0 Å². The fourth-order valence-electron chi connectivity index (χ4n) is 3.75. The Hall–Kier alpha value is -4.01. The van der Waals surface area contributed by atoms with Gasteiger partial charge in [0.15, 0.2) is 17.3 Å². The zero-order valence-corrected chi connectivity index (χ0v) is 16.4. The molecule has 1 atom stereocenters. The van der Waals surface area contributed by atoms with Crippen molar-refractivity contribution in [3.8, 4) is 28.6 Å². The fourth-order valence-corrected chi connectivity index (χ4v) is 3.75. The molecule has 9 nitrogen and oxygen atoms in total. The minimum absolute atomic E-state index is 0.164. The van der Waals surface area contributed by atoms with Gasteiger partial charge in [-0.1, -0.05) is 18.2 Å². The zero-order chi connectivity index (χ0) is 20.8. The Bertz CT molecular complexity index is 1200. The van der Waals surface area contributed by atoms with E-state index >= 15 is 0 Å². The molecule has 3 N–H and O–H groups in total. The number of carbonyl (C=O) groups excluding carboxylic acids is 1. The lowest BCUT2D eigenvalue weighted by atomic mass is 9.95. The topological polar surface area (TPSA) is 114 Å². The summed E-state index contributed by atoms with van der Waals surface area (Å²) in [6.07, 6.45) is 0. The van der Waals surface area contributed by atoms with E-state index in [0.717, 1.165) is 11.1 Å². The van der Waals surface area contributed by atoms with Gasteiger partial charge in [0.1, 0.15) is 11.8 Å². The molecule has 0 saturated heterocycles. The van der Waals surface area contributed by atoms with Crippen molar-refractivity contribution in [3.05, 3.63) is 59.3 Å². The SMILES string of the molecule is COc1cccc(-c2nc3n(n2)[C@@H](c2ccc4c(c2)OCO4)C(C(N)=O)=C(C)N3)c1. The highest BCUT2D eigenvalue weighted by Crippen LogP contribution is 2.40. The summed E-state index contributed by atoms with van der Waals surface area (Å²) in [6, 6.07) is 12.4. The summed E-state index contributed by atoms with van der Waals surface area (Å²) in [5.41, 5.74) is 8.35. The first-order valence-electron chi connectivity index (χ1n) is 9.33. The molecule has 0 unspecified atom stereocenters. The maximum atomic E-state index is 12.3. The van der Waals surface area contributed by atoms with Gasteiger partial charge in [0, 0.05) is 11.3 Å². The lowest BCUT2D eigenvalue weighted by molar-refractivity contribution is -0.115. The largest absolute Gasteiger partial charge is 0.497 e. The lowest BCUT2D eigenvalue weighted by Crippen LogP contribution is -2.31. The minimum atomic E-state index is -0.555. The van der Waals surface area contributed by atoms with Crippen LogP contribution < -0.4 is 25.3 Å². The first-order valence-corrected chi connectivity index (χ1v) is 9.33. The molecule has 5 rings (SSSR count). The first kappa shape index (κ1) is 18.0. The molecule has 0 saturated carbocycles. The quantitative estimate of drug-likeness (QED) is 0.685. The molecular weight excluding hydrogens is 386 g/mol. The van der Waals surface area contributed by atoms with Gasteiger partial charge in [0.25, 0.3) is 0 Å². The molecule has 0 fully saturated rings. The number of ether oxygens (including phenoxy) is 3. The summed E-state index contributed by atoms with van der Waals surface area (Å²) < 4.78 is 17.9. The van der Waals surface area contributed by atoms with Crippen LogP contribution in [0.4, 0.5) is 5.95 Å². The van der Waals surface area contributed by atoms with E-state index in [1.807, 2.05) is 42.5 Å². The lowest BCUT2D eigenvalue weighted by Gasteiger charge is -2.27. The van der Waals surface area contributed by atoms with Crippen molar-refractivity contribution >= 4 is 11.9 Å². The van der Waals surface area contributed by atoms with E-state index in [4.69, 9.17) is 19.9 Å². The number of carbonyl (C=O) groups is 1. The van der Waals surface area contributed by atoms with Gasteiger partial charge in [0.05, 0.1) is 12.7 Å². The minimum Gasteiger partial charge on any atom is -0.497 e. The molecule has 3 heterocycles. The van der Waals surface area contributed by atoms with Gasteiger partial charge < -0.3 is 25.3 Å². The van der Waals surface area contributed by atoms with Gasteiger partial charge in [-0.25, -0.2) is 4.68 Å². The number of primary amides is 1. The molecule has 30 heavy (non-hydrogen) atoms. The van der Waals surface area contributed by atoms with Crippen molar-refractivity contribution in [2.45, 2.75) is 13.0 Å². The van der Waals surface area contributed by atoms with Crippen LogP contribution in [0.1, 0.15) is 18.5 Å². The first-order chi connectivity index (χ1) is 14.5. The molecule has 2 aliphatic rings. The number of rotatable bonds is 4. The Kier molecular flexibility index (Phi) is 4.09. The van der Waals surface area contributed by atoms with Crippen LogP contribution in [0.3, 0.4) is 0 Å². The molecular formula is C21H19N5O4. The summed E-state index contributed by atoms with van der Waals surface area (Å²) in [5, 5.41) is 7.83. The Morgan fingerprint density at radius 3 is 2.87 bits per heavy atom. The van der Waals surface area contributed by atoms with E-state index in [1.165, 1.54) is 0 Å². The Morgan fingerprint density at radius 1 is 1.23 bits per heavy atom. The molecule has 2 aromatic carbocycles. The van der Waals surface area contributed by atoms with E-state index in [9.17, 15) is 4.79 Å². The molecule has 1 aromatic heterocycles. The Labute approximate surface area is 172 Å². The summed E-state index contributed by atoms with van der Waals surface area (Å²) in [7, 11) is 1.61. The number of hydrogen-bond donors (Lipinski definition) is 2. The highest BCUT2D eigenvalue weighted by atomic mass is 16.7. The number of allylic oxidation sites excluding steroid dienone is 1. The number of fused-ring (bicyclic) bond motifs is 2. The molecule has 0 spiro atoms. The smallest absolute Gasteiger partial charge is 0.248 e. The van der Waals surface area contributed by atoms with E-state index in [2.05, 4.69) is 15.4 Å². The van der Waals surface area contributed by atoms with Crippen molar-refractivity contribution in [3.63, 3.8) is 0 Å². The molecule has 152 valence electrons. The van der Waals surface area contributed by atoms with Gasteiger partial charge in [-0.3, -0.25) is 4.79 Å². The maximum absolute atomic E-state index is 12.3. The zero-order valence-electron chi connectivity index (χ0n) is 16.4. The number of aromatic nitrogens is 3. The van der Waals surface area contributed by atoms with Crippen LogP contribution in [0.2, 0.25) is 0 Å². The summed E-state index contributed by atoms with van der Waals surface area (Å²) in [6.45, 7) is 1.96. The van der Waals surface area contributed by atoms with Crippen molar-refractivity contribution in [2.75, 3.05) is 19.2 Å². The summed E-state index contributed by atoms with van der Waals surface area (Å²) in [5.74, 6) is 2.45. The predicted molar refractivity (Wildman–Crippen MR) is 108 cm³/mol. The molecule has 2 aliphatic heterocycles. The summed E-state index contributed by atoms with van der Waals surface area (Å²) in [4.78, 5) is 17.0. The number of nitrogens with one attached hydrogen (secondary N) is 1. The fraction of sp³-hybridized carbons (Fsp3) is 0.190. The highest BCUT2D eigenvalue weighted by Gasteiger charge is 2.34. The number of anilines is 1. The summed E-state index contributed by atoms with van der Waals surface area (Å²) >= 11 is 0. The normalized spacial score (nSPS) is 16.8. The van der Waals surface area contributed by atoms with Crippen LogP contribution in [0.15, 0.2) is 53.7 Å². The third kappa shape index (κ3) is 2.83. The highest BCUT2D eigenvalue weighted by molar-refractivity contribution is 5.95. The van der Waals surface area contributed by atoms with Crippen LogP contribution in [0.5, 0.6) is 17.2 Å². The van der Waals surface area contributed by atoms with Crippen molar-refractivity contribution in [2.24, 2.45) is 5.73 Å². The standard InChI is InChI=1S/C21H19N5O4/c1-11-17(19(22)27)18(12-6-7-15-16(9-12)30-10-29-15)26-21(23-11)24-20(25-26)13-4-3-5-14(8-13)28-2/h3-9,18H,10H2,1-2H3,(H2,22,27)(H,23,24,25)/t18-/m0/s1. The van der Waals surface area contributed by atoms with Crippen molar-refractivity contribution in [1.29, 1.82) is 0 Å². The van der Waals surface area contributed by atoms with Crippen LogP contribution in [0.25, 0.3) is 11.4 Å². The van der Waals surface area contributed by atoms with Crippen LogP contribution in [0, 0.1) is 0 Å². The number of nitrogens with zero attached hydrogens (tertiary/aromatic N) is 3. The number of amides is 1. The van der Waals surface area contributed by atoms with Gasteiger partial charge in [-0.15, -0.1) is 5.10 Å². The average Bonchev–Trinajstić information content (AvgIpc) is 3.38. The van der Waals surface area contributed by atoms with Gasteiger partial charge in [0.2, 0.25) is 18.6 Å². The second-order valence-corrected chi connectivity index (χ2v) is 6.98. The van der Waals surface area contributed by atoms with Crippen LogP contribution in [-0.2, 0) is 4.79 Å². The number of benzene rings is 2. The molecule has 0 aliphatic carbocycles. The Balaban J connectivity index is 1.65. The van der Waals surface area contributed by atoms with E-state index in [-0.39, 0.29) is 6.79 Å². The monoisotopic (exact) mass is 405 g/mol. The van der Waals surface area contributed by atoms with Gasteiger partial charge in [-0.05, 0) is 36.8 Å². The van der Waals surface area contributed by atoms with Crippen LogP contribution in [-0.4, -0.2) is 34.6 Å². The Morgan fingerprint density at radius 2 is 2.07 bits per heavy atom. The molecule has 9 heteroatoms. The average molecular weight is 405 g/mol. The number of methoxy groups -OCH3 is 1. The molecule has 0 radical (unpaired) electrons. The molecule has 3 aromatic rings. The number of nitrogens with two attached hydrogens (primary N) is 1. The third-order valence-electron chi connectivity index (χ3n) is 5.16.